The minimum Gasteiger partial charge on any atom is -0.309 e. The molecule has 94 valence electrons. The molecule has 1 aromatic heterocycles. The van der Waals surface area contributed by atoms with Gasteiger partial charge in [0, 0.05) is 29.2 Å². The van der Waals surface area contributed by atoms with Crippen molar-refractivity contribution in [1.82, 2.24) is 10.3 Å². The fourth-order valence-corrected chi connectivity index (χ4v) is 3.06. The quantitative estimate of drug-likeness (QED) is 0.907. The predicted octanol–water partition coefficient (Wildman–Crippen LogP) is 4.37. The van der Waals surface area contributed by atoms with Crippen molar-refractivity contribution in [2.45, 2.75) is 25.4 Å². The second-order valence-corrected chi connectivity index (χ2v) is 6.29. The average Bonchev–Trinajstić information content (AvgIpc) is 3.08. The van der Waals surface area contributed by atoms with Crippen molar-refractivity contribution in [1.29, 1.82) is 0 Å². The van der Waals surface area contributed by atoms with Gasteiger partial charge in [-0.2, -0.15) is 0 Å². The van der Waals surface area contributed by atoms with Crippen molar-refractivity contribution in [3.63, 3.8) is 0 Å². The minimum absolute atomic E-state index is 0.571. The summed E-state index contributed by atoms with van der Waals surface area (Å²) in [7, 11) is 0. The summed E-state index contributed by atoms with van der Waals surface area (Å²) in [4.78, 5) is 5.65. The highest BCUT2D eigenvalue weighted by molar-refractivity contribution is 7.15. The van der Waals surface area contributed by atoms with Crippen LogP contribution in [0.2, 0.25) is 10.0 Å². The van der Waals surface area contributed by atoms with Gasteiger partial charge in [-0.15, -0.1) is 11.3 Å². The van der Waals surface area contributed by atoms with E-state index in [1.165, 1.54) is 17.7 Å². The first kappa shape index (κ1) is 12.4. The van der Waals surface area contributed by atoms with Crippen LogP contribution in [0.1, 0.15) is 17.7 Å². The number of benzene rings is 1. The van der Waals surface area contributed by atoms with Gasteiger partial charge in [-0.1, -0.05) is 35.3 Å². The van der Waals surface area contributed by atoms with Crippen molar-refractivity contribution in [2.24, 2.45) is 0 Å². The van der Waals surface area contributed by atoms with Crippen LogP contribution < -0.4 is 5.32 Å². The van der Waals surface area contributed by atoms with Crippen molar-refractivity contribution < 1.29 is 0 Å². The summed E-state index contributed by atoms with van der Waals surface area (Å²) < 4.78 is 0. The van der Waals surface area contributed by atoms with Gasteiger partial charge < -0.3 is 5.32 Å². The highest BCUT2D eigenvalue weighted by atomic mass is 35.5. The van der Waals surface area contributed by atoms with E-state index < -0.39 is 0 Å². The molecule has 1 fully saturated rings. The molecule has 2 nitrogen and oxygen atoms in total. The first-order valence-electron chi connectivity index (χ1n) is 5.86. The van der Waals surface area contributed by atoms with E-state index in [-0.39, 0.29) is 0 Å². The molecule has 18 heavy (non-hydrogen) atoms. The Balaban J connectivity index is 1.80. The smallest absolute Gasteiger partial charge is 0.125 e. The molecular formula is C13H12Cl2N2S. The van der Waals surface area contributed by atoms with E-state index in [9.17, 15) is 0 Å². The zero-order chi connectivity index (χ0) is 12.5. The Morgan fingerprint density at radius 1 is 1.33 bits per heavy atom. The Kier molecular flexibility index (Phi) is 3.57. The summed E-state index contributed by atoms with van der Waals surface area (Å²) in [6.07, 6.45) is 4.50. The highest BCUT2D eigenvalue weighted by Gasteiger charge is 2.20. The Bertz CT molecular complexity index is 564. The maximum atomic E-state index is 6.19. The van der Waals surface area contributed by atoms with Crippen molar-refractivity contribution in [3.8, 4) is 10.6 Å². The summed E-state index contributed by atoms with van der Waals surface area (Å²) in [5.74, 6) is 0. The predicted molar refractivity (Wildman–Crippen MR) is 77.4 cm³/mol. The Morgan fingerprint density at radius 3 is 2.94 bits per heavy atom. The Hall–Kier alpha value is -0.610. The number of hydrogen-bond donors (Lipinski definition) is 1. The maximum Gasteiger partial charge on any atom is 0.125 e. The Morgan fingerprint density at radius 2 is 2.17 bits per heavy atom. The first-order valence-corrected chi connectivity index (χ1v) is 7.44. The second-order valence-electron chi connectivity index (χ2n) is 4.39. The zero-order valence-electron chi connectivity index (χ0n) is 9.62. The molecular weight excluding hydrogens is 287 g/mol. The van der Waals surface area contributed by atoms with Crippen LogP contribution in [-0.2, 0) is 6.54 Å². The van der Waals surface area contributed by atoms with Gasteiger partial charge in [0.1, 0.15) is 5.01 Å². The van der Waals surface area contributed by atoms with Gasteiger partial charge in [0.15, 0.2) is 0 Å². The van der Waals surface area contributed by atoms with E-state index in [0.717, 1.165) is 17.1 Å². The number of aromatic nitrogens is 1. The normalized spacial score (nSPS) is 15.0. The second kappa shape index (κ2) is 5.17. The fourth-order valence-electron chi connectivity index (χ4n) is 1.72. The lowest BCUT2D eigenvalue weighted by molar-refractivity contribution is 0.694. The lowest BCUT2D eigenvalue weighted by Gasteiger charge is -2.01. The number of rotatable bonds is 4. The molecule has 0 saturated heterocycles. The topological polar surface area (TPSA) is 24.9 Å². The molecule has 0 unspecified atom stereocenters. The summed E-state index contributed by atoms with van der Waals surface area (Å²) in [6.45, 7) is 0.889. The fraction of sp³-hybridized carbons (Fsp3) is 0.308. The van der Waals surface area contributed by atoms with Crippen molar-refractivity contribution in [3.05, 3.63) is 39.3 Å². The molecule has 5 heteroatoms. The van der Waals surface area contributed by atoms with Gasteiger partial charge in [0.25, 0.3) is 0 Å². The van der Waals surface area contributed by atoms with E-state index in [2.05, 4.69) is 10.3 Å². The third-order valence-electron chi connectivity index (χ3n) is 2.88. The van der Waals surface area contributed by atoms with Crippen LogP contribution in [0.4, 0.5) is 0 Å². The highest BCUT2D eigenvalue weighted by Crippen LogP contribution is 2.35. The number of nitrogens with zero attached hydrogens (tertiary/aromatic N) is 1. The third-order valence-corrected chi connectivity index (χ3v) is 4.73. The van der Waals surface area contributed by atoms with Crippen LogP contribution in [0.15, 0.2) is 24.4 Å². The molecule has 0 spiro atoms. The van der Waals surface area contributed by atoms with Crippen LogP contribution in [0.25, 0.3) is 10.6 Å². The average molecular weight is 299 g/mol. The van der Waals surface area contributed by atoms with Gasteiger partial charge in [0.05, 0.1) is 10.0 Å². The lowest BCUT2D eigenvalue weighted by atomic mass is 10.2. The summed E-state index contributed by atoms with van der Waals surface area (Å²) >= 11 is 13.9. The summed E-state index contributed by atoms with van der Waals surface area (Å²) in [6, 6.07) is 6.35. The standard InChI is InChI=1S/C13H12Cl2N2S/c14-11-3-1-2-10(12(11)15)13-17-7-9(18-13)6-16-8-4-5-8/h1-3,7-8,16H,4-6H2. The largest absolute Gasteiger partial charge is 0.309 e. The van der Waals surface area contributed by atoms with E-state index in [1.54, 1.807) is 17.4 Å². The Labute approximate surface area is 120 Å². The van der Waals surface area contributed by atoms with Crippen LogP contribution in [0.5, 0.6) is 0 Å². The maximum absolute atomic E-state index is 6.19. The molecule has 1 aliphatic carbocycles. The van der Waals surface area contributed by atoms with E-state index >= 15 is 0 Å². The summed E-state index contributed by atoms with van der Waals surface area (Å²) in [5.41, 5.74) is 0.909. The first-order chi connectivity index (χ1) is 8.74. The van der Waals surface area contributed by atoms with Crippen LogP contribution in [-0.4, -0.2) is 11.0 Å². The molecule has 1 N–H and O–H groups in total. The third kappa shape index (κ3) is 2.69. The summed E-state index contributed by atoms with van der Waals surface area (Å²) in [5, 5.41) is 5.55. The van der Waals surface area contributed by atoms with Gasteiger partial charge >= 0.3 is 0 Å². The molecule has 1 heterocycles. The SMILES string of the molecule is Clc1cccc(-c2ncc(CNC3CC3)s2)c1Cl. The number of nitrogens with one attached hydrogen (secondary N) is 1. The molecule has 2 aromatic rings. The monoisotopic (exact) mass is 298 g/mol. The molecule has 0 radical (unpaired) electrons. The van der Waals surface area contributed by atoms with E-state index in [0.29, 0.717) is 16.1 Å². The number of halogens is 2. The van der Waals surface area contributed by atoms with Gasteiger partial charge in [-0.25, -0.2) is 4.98 Å². The molecule has 3 rings (SSSR count). The van der Waals surface area contributed by atoms with Crippen molar-refractivity contribution >= 4 is 34.5 Å². The van der Waals surface area contributed by atoms with Crippen LogP contribution in [0.3, 0.4) is 0 Å². The van der Waals surface area contributed by atoms with Crippen LogP contribution >= 0.6 is 34.5 Å². The molecule has 0 amide bonds. The van der Waals surface area contributed by atoms with E-state index in [4.69, 9.17) is 23.2 Å². The molecule has 1 aromatic carbocycles. The van der Waals surface area contributed by atoms with Crippen LogP contribution in [0, 0.1) is 0 Å². The molecule has 0 aliphatic heterocycles. The molecule has 0 bridgehead atoms. The zero-order valence-corrected chi connectivity index (χ0v) is 11.9. The van der Waals surface area contributed by atoms with Gasteiger partial charge in [0.2, 0.25) is 0 Å². The molecule has 1 aliphatic rings. The molecule has 1 saturated carbocycles. The minimum atomic E-state index is 0.571. The van der Waals surface area contributed by atoms with Gasteiger partial charge in [-0.3, -0.25) is 0 Å². The van der Waals surface area contributed by atoms with Gasteiger partial charge in [-0.05, 0) is 18.9 Å². The molecule has 0 atom stereocenters. The number of hydrogen-bond acceptors (Lipinski definition) is 3. The number of thiazole rings is 1. The van der Waals surface area contributed by atoms with Crippen molar-refractivity contribution in [2.75, 3.05) is 0 Å². The van der Waals surface area contributed by atoms with E-state index in [1.807, 2.05) is 18.3 Å². The lowest BCUT2D eigenvalue weighted by Crippen LogP contribution is -2.14.